The number of carbonyl (C=O) groups excluding carboxylic acids is 1. The van der Waals surface area contributed by atoms with Crippen LogP contribution in [-0.2, 0) is 11.2 Å². The third kappa shape index (κ3) is 4.58. The average molecular weight is 414 g/mol. The number of β-amino-alcohol motifs (C(OH)–C–C–N with tert-alkyl or cyclic N) is 1. The van der Waals surface area contributed by atoms with Crippen molar-refractivity contribution in [3.8, 4) is 0 Å². The molecular weight excluding hydrogens is 386 g/mol. The second-order valence-corrected chi connectivity index (χ2v) is 8.38. The van der Waals surface area contributed by atoms with E-state index in [0.29, 0.717) is 6.54 Å². The van der Waals surface area contributed by atoms with Gasteiger partial charge in [-0.3, -0.25) is 9.69 Å². The number of piperazine rings is 1. The van der Waals surface area contributed by atoms with E-state index in [2.05, 4.69) is 21.9 Å². The summed E-state index contributed by atoms with van der Waals surface area (Å²) < 4.78 is 0. The van der Waals surface area contributed by atoms with Crippen LogP contribution in [-0.4, -0.2) is 55.2 Å². The van der Waals surface area contributed by atoms with Gasteiger partial charge in [-0.25, -0.2) is 0 Å². The van der Waals surface area contributed by atoms with Gasteiger partial charge in [-0.2, -0.15) is 0 Å². The van der Waals surface area contributed by atoms with Crippen LogP contribution in [0.1, 0.15) is 30.6 Å². The number of aryl methyl sites for hydroxylation is 1. The van der Waals surface area contributed by atoms with Gasteiger partial charge >= 0.3 is 0 Å². The van der Waals surface area contributed by atoms with Crippen LogP contribution < -0.4 is 9.80 Å². The van der Waals surface area contributed by atoms with Crippen LogP contribution in [0.4, 0.5) is 11.4 Å². The Morgan fingerprint density at radius 1 is 1.10 bits per heavy atom. The summed E-state index contributed by atoms with van der Waals surface area (Å²) in [6, 6.07) is 14.0. The van der Waals surface area contributed by atoms with E-state index in [0.717, 1.165) is 73.1 Å². The smallest absolute Gasteiger partial charge is 0.223 e. The number of aliphatic hydroxyl groups excluding tert-OH is 1. The molecule has 1 amide bonds. The van der Waals surface area contributed by atoms with Gasteiger partial charge in [-0.1, -0.05) is 29.8 Å². The molecule has 0 aliphatic carbocycles. The quantitative estimate of drug-likeness (QED) is 0.833. The molecule has 154 valence electrons. The van der Waals surface area contributed by atoms with Crippen molar-refractivity contribution >= 4 is 28.9 Å². The second kappa shape index (κ2) is 8.74. The summed E-state index contributed by atoms with van der Waals surface area (Å²) in [6.07, 6.45) is 1.40. The Morgan fingerprint density at radius 3 is 2.62 bits per heavy atom. The number of aliphatic hydroxyl groups is 1. The summed E-state index contributed by atoms with van der Waals surface area (Å²) in [5, 5.41) is 11.6. The fourth-order valence-corrected chi connectivity index (χ4v) is 4.55. The van der Waals surface area contributed by atoms with Crippen LogP contribution in [0.15, 0.2) is 42.5 Å². The number of hydrogen-bond acceptors (Lipinski definition) is 4. The molecule has 1 fully saturated rings. The van der Waals surface area contributed by atoms with Gasteiger partial charge in [-0.15, -0.1) is 0 Å². The number of halogens is 1. The third-order valence-corrected chi connectivity index (χ3v) is 6.20. The topological polar surface area (TPSA) is 47.0 Å². The lowest BCUT2D eigenvalue weighted by atomic mass is 9.97. The molecule has 4 rings (SSSR count). The van der Waals surface area contributed by atoms with E-state index in [9.17, 15) is 9.90 Å². The first-order chi connectivity index (χ1) is 14.0. The summed E-state index contributed by atoms with van der Waals surface area (Å²) in [5.41, 5.74) is 4.25. The maximum Gasteiger partial charge on any atom is 0.223 e. The van der Waals surface area contributed by atoms with Gasteiger partial charge in [0.15, 0.2) is 0 Å². The molecule has 6 heteroatoms. The molecule has 2 heterocycles. The lowest BCUT2D eigenvalue weighted by molar-refractivity contribution is -0.116. The fraction of sp³-hybridized carbons (Fsp3) is 0.435. The van der Waals surface area contributed by atoms with Crippen molar-refractivity contribution in [3.05, 3.63) is 58.6 Å². The number of benzene rings is 2. The van der Waals surface area contributed by atoms with Crippen LogP contribution in [0.5, 0.6) is 0 Å². The molecule has 2 aliphatic heterocycles. The molecule has 0 aromatic heterocycles. The summed E-state index contributed by atoms with van der Waals surface area (Å²) in [7, 11) is 0. The molecular formula is C23H28ClN3O2. The standard InChI is InChI=1S/C23H28ClN3O2/c1-17(28)27-9-3-4-18-14-19(7-8-22(18)27)23(29)16-25-10-12-26(13-11-25)21-6-2-5-20(24)15-21/h2,5-8,14-15,23,29H,3-4,9-13,16H2,1H3/t23-/m0/s1. The van der Waals surface area contributed by atoms with Gasteiger partial charge in [0.25, 0.3) is 0 Å². The van der Waals surface area contributed by atoms with Crippen LogP contribution in [0, 0.1) is 0 Å². The normalized spacial score (nSPS) is 18.4. The average Bonchev–Trinajstić information content (AvgIpc) is 2.73. The van der Waals surface area contributed by atoms with E-state index in [-0.39, 0.29) is 5.91 Å². The van der Waals surface area contributed by atoms with E-state index < -0.39 is 6.10 Å². The van der Waals surface area contributed by atoms with E-state index in [1.54, 1.807) is 6.92 Å². The van der Waals surface area contributed by atoms with Gasteiger partial charge in [0.2, 0.25) is 5.91 Å². The first-order valence-corrected chi connectivity index (χ1v) is 10.7. The molecule has 0 bridgehead atoms. The van der Waals surface area contributed by atoms with Crippen LogP contribution in [0.2, 0.25) is 5.02 Å². The zero-order valence-corrected chi connectivity index (χ0v) is 17.6. The summed E-state index contributed by atoms with van der Waals surface area (Å²) >= 11 is 6.11. The van der Waals surface area contributed by atoms with Gasteiger partial charge < -0.3 is 14.9 Å². The molecule has 5 nitrogen and oxygen atoms in total. The van der Waals surface area contributed by atoms with Crippen LogP contribution >= 0.6 is 11.6 Å². The molecule has 1 atom stereocenters. The summed E-state index contributed by atoms with van der Waals surface area (Å²) in [4.78, 5) is 18.3. The molecule has 29 heavy (non-hydrogen) atoms. The molecule has 0 radical (unpaired) electrons. The van der Waals surface area contributed by atoms with Gasteiger partial charge in [0, 0.05) is 62.6 Å². The largest absolute Gasteiger partial charge is 0.387 e. The first-order valence-electron chi connectivity index (χ1n) is 10.3. The molecule has 2 aromatic rings. The SMILES string of the molecule is CC(=O)N1CCCc2cc([C@@H](O)CN3CCN(c4cccc(Cl)c4)CC3)ccc21. The minimum absolute atomic E-state index is 0.0804. The number of nitrogens with zero attached hydrogens (tertiary/aromatic N) is 3. The van der Waals surface area contributed by atoms with Crippen LogP contribution in [0.25, 0.3) is 0 Å². The van der Waals surface area contributed by atoms with E-state index in [1.165, 1.54) is 0 Å². The van der Waals surface area contributed by atoms with E-state index >= 15 is 0 Å². The highest BCUT2D eigenvalue weighted by molar-refractivity contribution is 6.30. The molecule has 1 saturated heterocycles. The second-order valence-electron chi connectivity index (χ2n) is 7.95. The number of anilines is 2. The first kappa shape index (κ1) is 20.2. The number of fused-ring (bicyclic) bond motifs is 1. The Morgan fingerprint density at radius 2 is 1.90 bits per heavy atom. The Labute approximate surface area is 177 Å². The van der Waals surface area contributed by atoms with Gasteiger partial charge in [0.1, 0.15) is 0 Å². The zero-order valence-electron chi connectivity index (χ0n) is 16.9. The Hall–Kier alpha value is -2.08. The third-order valence-electron chi connectivity index (χ3n) is 5.96. The highest BCUT2D eigenvalue weighted by atomic mass is 35.5. The monoisotopic (exact) mass is 413 g/mol. The Bertz CT molecular complexity index is 880. The maximum absolute atomic E-state index is 11.8. The van der Waals surface area contributed by atoms with Crippen molar-refractivity contribution in [2.75, 3.05) is 49.1 Å². The molecule has 0 spiro atoms. The number of hydrogen-bond donors (Lipinski definition) is 1. The van der Waals surface area contributed by atoms with Crippen molar-refractivity contribution in [1.29, 1.82) is 0 Å². The zero-order chi connectivity index (χ0) is 20.4. The minimum atomic E-state index is -0.522. The number of amides is 1. The van der Waals surface area contributed by atoms with Crippen molar-refractivity contribution in [3.63, 3.8) is 0 Å². The molecule has 1 N–H and O–H groups in total. The van der Waals surface area contributed by atoms with Crippen molar-refractivity contribution in [2.45, 2.75) is 25.9 Å². The summed E-state index contributed by atoms with van der Waals surface area (Å²) in [6.45, 7) is 6.68. The van der Waals surface area contributed by atoms with E-state index in [1.807, 2.05) is 35.2 Å². The fourth-order valence-electron chi connectivity index (χ4n) is 4.36. The summed E-state index contributed by atoms with van der Waals surface area (Å²) in [5.74, 6) is 0.0804. The minimum Gasteiger partial charge on any atom is -0.387 e. The lowest BCUT2D eigenvalue weighted by Gasteiger charge is -2.37. The molecule has 2 aromatic carbocycles. The predicted molar refractivity (Wildman–Crippen MR) is 118 cm³/mol. The molecule has 0 unspecified atom stereocenters. The molecule has 0 saturated carbocycles. The molecule has 2 aliphatic rings. The highest BCUT2D eigenvalue weighted by Gasteiger charge is 2.23. The maximum atomic E-state index is 11.8. The van der Waals surface area contributed by atoms with Crippen molar-refractivity contribution < 1.29 is 9.90 Å². The highest BCUT2D eigenvalue weighted by Crippen LogP contribution is 2.30. The van der Waals surface area contributed by atoms with Crippen molar-refractivity contribution in [1.82, 2.24) is 4.90 Å². The van der Waals surface area contributed by atoms with E-state index in [4.69, 9.17) is 11.6 Å². The number of rotatable bonds is 4. The predicted octanol–water partition coefficient (Wildman–Crippen LogP) is 3.49. The van der Waals surface area contributed by atoms with Crippen LogP contribution in [0.3, 0.4) is 0 Å². The Balaban J connectivity index is 1.37. The number of carbonyl (C=O) groups is 1. The van der Waals surface area contributed by atoms with Crippen molar-refractivity contribution in [2.24, 2.45) is 0 Å². The Kier molecular flexibility index (Phi) is 6.09. The lowest BCUT2D eigenvalue weighted by Crippen LogP contribution is -2.47. The van der Waals surface area contributed by atoms with Gasteiger partial charge in [-0.05, 0) is 48.2 Å². The van der Waals surface area contributed by atoms with Gasteiger partial charge in [0.05, 0.1) is 6.10 Å².